The van der Waals surface area contributed by atoms with Crippen LogP contribution in [0.5, 0.6) is 0 Å². The second-order valence-corrected chi connectivity index (χ2v) is 9.58. The number of aryl methyl sites for hydroxylation is 2. The van der Waals surface area contributed by atoms with Crippen molar-refractivity contribution in [2.45, 2.75) is 33.2 Å². The molecule has 0 amide bonds. The number of hydrogen-bond acceptors (Lipinski definition) is 4. The van der Waals surface area contributed by atoms with Crippen molar-refractivity contribution in [2.75, 3.05) is 11.5 Å². The number of fused-ring (bicyclic) bond motifs is 1. The Morgan fingerprint density at radius 1 is 1.11 bits per heavy atom. The lowest BCUT2D eigenvalue weighted by atomic mass is 10.1. The molecule has 0 aliphatic carbocycles. The van der Waals surface area contributed by atoms with Gasteiger partial charge in [-0.1, -0.05) is 17.7 Å². The van der Waals surface area contributed by atoms with Crippen molar-refractivity contribution >= 4 is 32.9 Å². The summed E-state index contributed by atoms with van der Waals surface area (Å²) >= 11 is 0. The summed E-state index contributed by atoms with van der Waals surface area (Å²) in [5.74, 6) is 0.436. The van der Waals surface area contributed by atoms with Gasteiger partial charge in [0.2, 0.25) is 0 Å². The zero-order valence-corrected chi connectivity index (χ0v) is 16.6. The fraction of sp³-hybridized carbons (Fsp3) is 0.333. The Hall–Kier alpha value is -2.47. The van der Waals surface area contributed by atoms with Crippen LogP contribution in [-0.2, 0) is 9.84 Å². The topological polar surface area (TPSA) is 64.8 Å². The van der Waals surface area contributed by atoms with Gasteiger partial charge in [-0.15, -0.1) is 0 Å². The number of sulfone groups is 1. The van der Waals surface area contributed by atoms with Crippen LogP contribution in [0.25, 0.3) is 23.1 Å². The quantitative estimate of drug-likeness (QED) is 0.690. The second-order valence-electron chi connectivity index (χ2n) is 7.35. The van der Waals surface area contributed by atoms with Crippen LogP contribution in [-0.4, -0.2) is 34.7 Å². The van der Waals surface area contributed by atoms with Crippen LogP contribution >= 0.6 is 0 Å². The van der Waals surface area contributed by atoms with Gasteiger partial charge < -0.3 is 0 Å². The van der Waals surface area contributed by atoms with Gasteiger partial charge in [0.25, 0.3) is 0 Å². The molecule has 0 radical (unpaired) electrons. The van der Waals surface area contributed by atoms with Crippen molar-refractivity contribution in [3.63, 3.8) is 0 Å². The summed E-state index contributed by atoms with van der Waals surface area (Å²) in [5.41, 5.74) is 6.03. The van der Waals surface area contributed by atoms with E-state index < -0.39 is 9.84 Å². The van der Waals surface area contributed by atoms with Gasteiger partial charge in [0.05, 0.1) is 34.5 Å². The summed E-state index contributed by atoms with van der Waals surface area (Å²) in [5, 5.41) is 5.74. The summed E-state index contributed by atoms with van der Waals surface area (Å²) in [7, 11) is -2.93. The predicted octanol–water partition coefficient (Wildman–Crippen LogP) is 3.89. The molecular formula is C21H23N3O2S. The highest BCUT2D eigenvalue weighted by molar-refractivity contribution is 7.91. The summed E-state index contributed by atoms with van der Waals surface area (Å²) in [4.78, 5) is 4.70. The first kappa shape index (κ1) is 17.9. The third-order valence-electron chi connectivity index (χ3n) is 5.22. The lowest BCUT2D eigenvalue weighted by Gasteiger charge is -2.10. The highest BCUT2D eigenvalue weighted by Crippen LogP contribution is 2.27. The van der Waals surface area contributed by atoms with Gasteiger partial charge >= 0.3 is 0 Å². The van der Waals surface area contributed by atoms with Crippen LogP contribution < -0.4 is 0 Å². The molecule has 3 heterocycles. The Balaban J connectivity index is 1.64. The molecule has 1 aromatic carbocycles. The van der Waals surface area contributed by atoms with E-state index in [0.717, 1.165) is 33.5 Å². The third-order valence-corrected chi connectivity index (χ3v) is 6.97. The van der Waals surface area contributed by atoms with E-state index in [2.05, 4.69) is 30.2 Å². The average Bonchev–Trinajstić information content (AvgIpc) is 3.12. The Kier molecular flexibility index (Phi) is 4.38. The summed E-state index contributed by atoms with van der Waals surface area (Å²) < 4.78 is 25.5. The number of pyridine rings is 1. The highest BCUT2D eigenvalue weighted by Gasteiger charge is 2.31. The minimum Gasteiger partial charge on any atom is -0.265 e. The first-order valence-electron chi connectivity index (χ1n) is 9.14. The van der Waals surface area contributed by atoms with Gasteiger partial charge in [0.1, 0.15) is 0 Å². The van der Waals surface area contributed by atoms with E-state index in [1.54, 1.807) is 0 Å². The normalized spacial score (nSPS) is 19.3. The molecular weight excluding hydrogens is 358 g/mol. The molecule has 1 atom stereocenters. The van der Waals surface area contributed by atoms with Crippen LogP contribution in [0.4, 0.5) is 0 Å². The first-order chi connectivity index (χ1) is 12.8. The fourth-order valence-electron chi connectivity index (χ4n) is 3.76. The maximum atomic E-state index is 11.8. The van der Waals surface area contributed by atoms with Crippen LogP contribution in [0.1, 0.15) is 40.7 Å². The molecule has 0 saturated carbocycles. The number of aromatic nitrogens is 3. The Labute approximate surface area is 159 Å². The van der Waals surface area contributed by atoms with E-state index in [1.807, 2.05) is 42.8 Å². The largest absolute Gasteiger partial charge is 0.265 e. The number of benzene rings is 1. The van der Waals surface area contributed by atoms with E-state index in [9.17, 15) is 8.42 Å². The number of hydrogen-bond donors (Lipinski definition) is 0. The van der Waals surface area contributed by atoms with Crippen molar-refractivity contribution in [1.82, 2.24) is 14.8 Å². The van der Waals surface area contributed by atoms with Gasteiger partial charge in [-0.05, 0) is 57.5 Å². The Bertz CT molecular complexity index is 1160. The molecule has 140 valence electrons. The Morgan fingerprint density at radius 2 is 1.93 bits per heavy atom. The molecule has 1 saturated heterocycles. The van der Waals surface area contributed by atoms with Gasteiger partial charge in [-0.25, -0.2) is 13.4 Å². The minimum atomic E-state index is -2.93. The molecule has 5 nitrogen and oxygen atoms in total. The maximum Gasteiger partial charge on any atom is 0.152 e. The third kappa shape index (κ3) is 3.54. The van der Waals surface area contributed by atoms with Crippen molar-refractivity contribution < 1.29 is 8.42 Å². The van der Waals surface area contributed by atoms with E-state index >= 15 is 0 Å². The van der Waals surface area contributed by atoms with E-state index in [1.165, 1.54) is 5.56 Å². The molecule has 6 heteroatoms. The molecule has 2 aromatic heterocycles. The SMILES string of the molecule is Cc1ccc2nc(/C=C/c3c(C)nn([C@H]4CCS(=O)(=O)C4)c3C)ccc2c1. The molecule has 0 unspecified atom stereocenters. The molecule has 3 aromatic rings. The van der Waals surface area contributed by atoms with Crippen LogP contribution in [0.2, 0.25) is 0 Å². The van der Waals surface area contributed by atoms with Crippen LogP contribution in [0, 0.1) is 20.8 Å². The summed E-state index contributed by atoms with van der Waals surface area (Å²) in [6.45, 7) is 6.04. The van der Waals surface area contributed by atoms with Gasteiger partial charge in [0.15, 0.2) is 9.84 Å². The molecule has 1 fully saturated rings. The molecule has 0 bridgehead atoms. The summed E-state index contributed by atoms with van der Waals surface area (Å²) in [6, 6.07) is 10.3. The number of nitrogens with zero attached hydrogens (tertiary/aromatic N) is 3. The van der Waals surface area contributed by atoms with Crippen molar-refractivity contribution in [3.05, 3.63) is 58.5 Å². The first-order valence-corrected chi connectivity index (χ1v) is 11.0. The molecule has 1 aliphatic rings. The fourth-order valence-corrected chi connectivity index (χ4v) is 5.45. The van der Waals surface area contributed by atoms with Crippen molar-refractivity contribution in [2.24, 2.45) is 0 Å². The van der Waals surface area contributed by atoms with E-state index in [0.29, 0.717) is 6.42 Å². The highest BCUT2D eigenvalue weighted by atomic mass is 32.2. The molecule has 0 N–H and O–H groups in total. The standard InChI is InChI=1S/C21H23N3O2S/c1-14-4-9-21-17(12-14)5-6-18(22-21)7-8-20-15(2)23-24(16(20)3)19-10-11-27(25,26)13-19/h4-9,12,19H,10-11,13H2,1-3H3/b8-7+/t19-/m0/s1. The monoisotopic (exact) mass is 381 g/mol. The molecule has 0 spiro atoms. The summed E-state index contributed by atoms with van der Waals surface area (Å²) in [6.07, 6.45) is 4.66. The predicted molar refractivity (Wildman–Crippen MR) is 109 cm³/mol. The molecule has 4 rings (SSSR count). The van der Waals surface area contributed by atoms with E-state index in [-0.39, 0.29) is 17.5 Å². The van der Waals surface area contributed by atoms with E-state index in [4.69, 9.17) is 4.98 Å². The Morgan fingerprint density at radius 3 is 2.67 bits per heavy atom. The van der Waals surface area contributed by atoms with Gasteiger partial charge in [-0.3, -0.25) is 4.68 Å². The molecule has 1 aliphatic heterocycles. The van der Waals surface area contributed by atoms with Crippen LogP contribution in [0.15, 0.2) is 30.3 Å². The zero-order valence-electron chi connectivity index (χ0n) is 15.8. The maximum absolute atomic E-state index is 11.8. The van der Waals surface area contributed by atoms with Gasteiger partial charge in [0, 0.05) is 16.6 Å². The smallest absolute Gasteiger partial charge is 0.152 e. The van der Waals surface area contributed by atoms with Crippen LogP contribution in [0.3, 0.4) is 0 Å². The lowest BCUT2D eigenvalue weighted by Crippen LogP contribution is -2.13. The van der Waals surface area contributed by atoms with Crippen molar-refractivity contribution in [1.29, 1.82) is 0 Å². The van der Waals surface area contributed by atoms with Gasteiger partial charge in [-0.2, -0.15) is 5.10 Å². The molecule has 27 heavy (non-hydrogen) atoms. The minimum absolute atomic E-state index is 0.0575. The lowest BCUT2D eigenvalue weighted by molar-refractivity contribution is 0.486. The zero-order chi connectivity index (χ0) is 19.2. The number of rotatable bonds is 3. The second kappa shape index (κ2) is 6.60. The average molecular weight is 382 g/mol. The van der Waals surface area contributed by atoms with Crippen molar-refractivity contribution in [3.8, 4) is 0 Å².